The fourth-order valence-electron chi connectivity index (χ4n) is 1.74. The molecule has 6 heteroatoms. The van der Waals surface area contributed by atoms with Crippen LogP contribution < -0.4 is 5.59 Å². The molecule has 1 aliphatic heterocycles. The zero-order valence-corrected chi connectivity index (χ0v) is 11.1. The maximum Gasteiger partial charge on any atom is 0.514 e. The second-order valence-electron chi connectivity index (χ2n) is 5.29. The fourth-order valence-corrected chi connectivity index (χ4v) is 1.74. The van der Waals surface area contributed by atoms with Crippen molar-refractivity contribution in [1.29, 1.82) is 0 Å². The summed E-state index contributed by atoms with van der Waals surface area (Å²) in [5.41, 5.74) is 0.213. The molecule has 0 saturated carbocycles. The average Bonchev–Trinajstić information content (AvgIpc) is 2.71. The number of nitrogens with zero attached hydrogens (tertiary/aromatic N) is 2. The van der Waals surface area contributed by atoms with Gasteiger partial charge in [-0.2, -0.15) is 0 Å². The quantitative estimate of drug-likeness (QED) is 0.730. The highest BCUT2D eigenvalue weighted by Crippen LogP contribution is 2.36. The molecule has 1 aromatic rings. The SMILES string of the molecule is COCn1cncc1B1OC(C)(C)C(C)(C)O1. The predicted octanol–water partition coefficient (Wildman–Crippen LogP) is 0.786. The van der Waals surface area contributed by atoms with Crippen LogP contribution in [0.5, 0.6) is 0 Å². The van der Waals surface area contributed by atoms with Gasteiger partial charge in [-0.15, -0.1) is 0 Å². The van der Waals surface area contributed by atoms with Gasteiger partial charge in [-0.25, -0.2) is 4.98 Å². The first kappa shape index (κ1) is 12.6. The van der Waals surface area contributed by atoms with Gasteiger partial charge in [0.1, 0.15) is 6.73 Å². The molecule has 5 nitrogen and oxygen atoms in total. The van der Waals surface area contributed by atoms with Gasteiger partial charge >= 0.3 is 7.12 Å². The highest BCUT2D eigenvalue weighted by Gasteiger charge is 2.52. The van der Waals surface area contributed by atoms with E-state index in [1.165, 1.54) is 0 Å². The van der Waals surface area contributed by atoms with E-state index < -0.39 is 7.12 Å². The first-order valence-corrected chi connectivity index (χ1v) is 5.72. The lowest BCUT2D eigenvalue weighted by molar-refractivity contribution is 0.00578. The first-order chi connectivity index (χ1) is 7.87. The normalized spacial score (nSPS) is 22.1. The van der Waals surface area contributed by atoms with Crippen molar-refractivity contribution in [1.82, 2.24) is 9.55 Å². The Hall–Kier alpha value is -0.845. The van der Waals surface area contributed by atoms with E-state index in [0.29, 0.717) is 6.73 Å². The van der Waals surface area contributed by atoms with Crippen LogP contribution in [0, 0.1) is 0 Å². The Labute approximate surface area is 102 Å². The molecule has 0 spiro atoms. The number of rotatable bonds is 3. The Bertz CT molecular complexity index is 387. The molecule has 2 heterocycles. The number of methoxy groups -OCH3 is 1. The first-order valence-electron chi connectivity index (χ1n) is 5.72. The van der Waals surface area contributed by atoms with Gasteiger partial charge in [0, 0.05) is 13.3 Å². The van der Waals surface area contributed by atoms with Crippen LogP contribution in [0.4, 0.5) is 0 Å². The monoisotopic (exact) mass is 238 g/mol. The van der Waals surface area contributed by atoms with Gasteiger partial charge < -0.3 is 18.6 Å². The molecule has 1 aliphatic rings. The maximum absolute atomic E-state index is 5.96. The topological polar surface area (TPSA) is 45.5 Å². The van der Waals surface area contributed by atoms with Crippen LogP contribution in [0.15, 0.2) is 12.5 Å². The summed E-state index contributed by atoms with van der Waals surface area (Å²) in [6, 6.07) is 0. The van der Waals surface area contributed by atoms with E-state index >= 15 is 0 Å². The van der Waals surface area contributed by atoms with Crippen molar-refractivity contribution in [2.24, 2.45) is 0 Å². The third-order valence-corrected chi connectivity index (χ3v) is 3.51. The Kier molecular flexibility index (Phi) is 3.05. The van der Waals surface area contributed by atoms with E-state index in [0.717, 1.165) is 5.59 Å². The maximum atomic E-state index is 5.96. The van der Waals surface area contributed by atoms with Crippen molar-refractivity contribution < 1.29 is 14.0 Å². The summed E-state index contributed by atoms with van der Waals surface area (Å²) in [6.07, 6.45) is 3.46. The zero-order chi connectivity index (χ0) is 12.7. The number of aromatic nitrogens is 2. The van der Waals surface area contributed by atoms with Crippen LogP contribution in [0.25, 0.3) is 0 Å². The lowest BCUT2D eigenvalue weighted by Gasteiger charge is -2.32. The van der Waals surface area contributed by atoms with E-state index in [1.54, 1.807) is 19.6 Å². The molecule has 1 aromatic heterocycles. The molecular formula is C11H19BN2O3. The molecule has 0 bridgehead atoms. The molecule has 0 N–H and O–H groups in total. The van der Waals surface area contributed by atoms with E-state index in [4.69, 9.17) is 14.0 Å². The van der Waals surface area contributed by atoms with E-state index in [1.807, 2.05) is 32.3 Å². The Morgan fingerprint density at radius 1 is 1.29 bits per heavy atom. The molecule has 0 radical (unpaired) electrons. The smallest absolute Gasteiger partial charge is 0.398 e. The molecule has 0 aromatic carbocycles. The summed E-state index contributed by atoms with van der Waals surface area (Å²) >= 11 is 0. The highest BCUT2D eigenvalue weighted by atomic mass is 16.7. The largest absolute Gasteiger partial charge is 0.514 e. The Balaban J connectivity index is 2.23. The van der Waals surface area contributed by atoms with Gasteiger partial charge in [0.2, 0.25) is 0 Å². The summed E-state index contributed by atoms with van der Waals surface area (Å²) in [6.45, 7) is 8.57. The Morgan fingerprint density at radius 2 is 1.88 bits per heavy atom. The van der Waals surface area contributed by atoms with Gasteiger partial charge in [0.25, 0.3) is 0 Å². The van der Waals surface area contributed by atoms with Crippen molar-refractivity contribution in [3.05, 3.63) is 12.5 Å². The standard InChI is InChI=1S/C11H19BN2O3/c1-10(2)11(3,4)17-12(16-10)9-6-13-7-14(9)8-15-5/h6-7H,8H2,1-5H3. The summed E-state index contributed by atoms with van der Waals surface area (Å²) in [5, 5.41) is 0. The molecule has 17 heavy (non-hydrogen) atoms. The number of ether oxygens (including phenoxy) is 1. The highest BCUT2D eigenvalue weighted by molar-refractivity contribution is 6.61. The van der Waals surface area contributed by atoms with Crippen molar-refractivity contribution in [2.45, 2.75) is 45.6 Å². The van der Waals surface area contributed by atoms with Crippen molar-refractivity contribution in [2.75, 3.05) is 7.11 Å². The molecule has 0 atom stereocenters. The fraction of sp³-hybridized carbons (Fsp3) is 0.727. The Morgan fingerprint density at radius 3 is 2.41 bits per heavy atom. The minimum absolute atomic E-state index is 0.333. The lowest BCUT2D eigenvalue weighted by Crippen LogP contribution is -2.41. The van der Waals surface area contributed by atoms with Gasteiger partial charge in [0.05, 0.1) is 23.1 Å². The number of hydrogen-bond acceptors (Lipinski definition) is 4. The van der Waals surface area contributed by atoms with Gasteiger partial charge in [-0.1, -0.05) is 0 Å². The van der Waals surface area contributed by atoms with Crippen molar-refractivity contribution in [3.63, 3.8) is 0 Å². The van der Waals surface area contributed by atoms with Crippen LogP contribution in [0.2, 0.25) is 0 Å². The molecule has 94 valence electrons. The molecule has 0 unspecified atom stereocenters. The molecular weight excluding hydrogens is 219 g/mol. The summed E-state index contributed by atoms with van der Waals surface area (Å²) in [7, 11) is 1.26. The minimum Gasteiger partial charge on any atom is -0.398 e. The average molecular weight is 238 g/mol. The van der Waals surface area contributed by atoms with E-state index in [2.05, 4.69) is 4.98 Å². The van der Waals surface area contributed by atoms with Crippen LogP contribution in [0.1, 0.15) is 27.7 Å². The zero-order valence-electron chi connectivity index (χ0n) is 11.1. The molecule has 2 rings (SSSR count). The van der Waals surface area contributed by atoms with Gasteiger partial charge in [-0.3, -0.25) is 0 Å². The van der Waals surface area contributed by atoms with E-state index in [-0.39, 0.29) is 11.2 Å². The van der Waals surface area contributed by atoms with Crippen LogP contribution in [-0.4, -0.2) is 35.0 Å². The van der Waals surface area contributed by atoms with Gasteiger partial charge in [0.15, 0.2) is 0 Å². The molecule has 0 amide bonds. The third-order valence-electron chi connectivity index (χ3n) is 3.51. The minimum atomic E-state index is -0.391. The summed E-state index contributed by atoms with van der Waals surface area (Å²) in [4.78, 5) is 4.10. The lowest BCUT2D eigenvalue weighted by atomic mass is 9.85. The third kappa shape index (κ3) is 2.12. The van der Waals surface area contributed by atoms with Gasteiger partial charge in [-0.05, 0) is 27.7 Å². The van der Waals surface area contributed by atoms with Crippen LogP contribution >= 0.6 is 0 Å². The van der Waals surface area contributed by atoms with Crippen LogP contribution in [0.3, 0.4) is 0 Å². The second-order valence-corrected chi connectivity index (χ2v) is 5.29. The molecule has 0 aliphatic carbocycles. The molecule has 1 saturated heterocycles. The van der Waals surface area contributed by atoms with Crippen molar-refractivity contribution >= 4 is 12.7 Å². The second kappa shape index (κ2) is 4.12. The molecule has 1 fully saturated rings. The predicted molar refractivity (Wildman–Crippen MR) is 65.0 cm³/mol. The van der Waals surface area contributed by atoms with E-state index in [9.17, 15) is 0 Å². The summed E-state index contributed by atoms with van der Waals surface area (Å²) in [5.74, 6) is 0. The number of imidazole rings is 1. The number of hydrogen-bond donors (Lipinski definition) is 0. The summed E-state index contributed by atoms with van der Waals surface area (Å²) < 4.78 is 18.9. The van der Waals surface area contributed by atoms with Crippen LogP contribution in [-0.2, 0) is 20.8 Å². The van der Waals surface area contributed by atoms with Crippen molar-refractivity contribution in [3.8, 4) is 0 Å².